The standard InChI is InChI=1S/C14H10FN3O/c15-10-2-1-3-11(8-10)19-13-7-5-9-4-6-12(16)17-14(9)18-13/h1-8H,(H2,16,17,18). The summed E-state index contributed by atoms with van der Waals surface area (Å²) in [6.45, 7) is 0. The first kappa shape index (κ1) is 11.4. The Bertz CT molecular complexity index is 746. The van der Waals surface area contributed by atoms with E-state index in [4.69, 9.17) is 10.5 Å². The molecule has 4 nitrogen and oxygen atoms in total. The lowest BCUT2D eigenvalue weighted by Crippen LogP contribution is -1.94. The fourth-order valence-corrected chi connectivity index (χ4v) is 1.70. The summed E-state index contributed by atoms with van der Waals surface area (Å²) in [7, 11) is 0. The third kappa shape index (κ3) is 2.44. The van der Waals surface area contributed by atoms with Gasteiger partial charge in [0.05, 0.1) is 0 Å². The second-order valence-corrected chi connectivity index (χ2v) is 3.99. The number of nitrogens with two attached hydrogens (primary N) is 1. The SMILES string of the molecule is Nc1ccc2ccc(Oc3cccc(F)c3)nc2n1. The lowest BCUT2D eigenvalue weighted by molar-refractivity contribution is 0.460. The van der Waals surface area contributed by atoms with Gasteiger partial charge in [-0.1, -0.05) is 6.07 Å². The number of anilines is 1. The number of fused-ring (bicyclic) bond motifs is 1. The number of aromatic nitrogens is 2. The molecule has 3 aromatic rings. The van der Waals surface area contributed by atoms with Crippen molar-refractivity contribution in [1.29, 1.82) is 0 Å². The average molecular weight is 255 g/mol. The molecule has 0 bridgehead atoms. The molecular weight excluding hydrogens is 245 g/mol. The molecule has 2 aromatic heterocycles. The smallest absolute Gasteiger partial charge is 0.221 e. The first-order chi connectivity index (χ1) is 9.20. The van der Waals surface area contributed by atoms with Crippen molar-refractivity contribution < 1.29 is 9.13 Å². The van der Waals surface area contributed by atoms with Crippen molar-refractivity contribution in [2.24, 2.45) is 0 Å². The number of hydrogen-bond acceptors (Lipinski definition) is 4. The van der Waals surface area contributed by atoms with E-state index in [2.05, 4.69) is 9.97 Å². The maximum atomic E-state index is 13.0. The fourth-order valence-electron chi connectivity index (χ4n) is 1.70. The zero-order chi connectivity index (χ0) is 13.2. The molecule has 0 aliphatic rings. The molecule has 2 N–H and O–H groups in total. The minimum atomic E-state index is -0.361. The quantitative estimate of drug-likeness (QED) is 0.764. The summed E-state index contributed by atoms with van der Waals surface area (Å²) in [6.07, 6.45) is 0. The van der Waals surface area contributed by atoms with E-state index in [9.17, 15) is 4.39 Å². The third-order valence-corrected chi connectivity index (χ3v) is 2.57. The molecule has 0 unspecified atom stereocenters. The normalized spacial score (nSPS) is 10.6. The van der Waals surface area contributed by atoms with Crippen LogP contribution in [-0.4, -0.2) is 9.97 Å². The van der Waals surface area contributed by atoms with Crippen LogP contribution in [0, 0.1) is 5.82 Å². The molecule has 0 radical (unpaired) electrons. The highest BCUT2D eigenvalue weighted by atomic mass is 19.1. The first-order valence-electron chi connectivity index (χ1n) is 5.67. The van der Waals surface area contributed by atoms with Gasteiger partial charge < -0.3 is 10.5 Å². The lowest BCUT2D eigenvalue weighted by atomic mass is 10.3. The van der Waals surface area contributed by atoms with E-state index in [1.807, 2.05) is 12.1 Å². The molecule has 3 rings (SSSR count). The van der Waals surface area contributed by atoms with Crippen LogP contribution in [0.1, 0.15) is 0 Å². The summed E-state index contributed by atoms with van der Waals surface area (Å²) in [5.41, 5.74) is 6.10. The van der Waals surface area contributed by atoms with Crippen molar-refractivity contribution in [1.82, 2.24) is 9.97 Å². The van der Waals surface area contributed by atoms with Crippen LogP contribution in [-0.2, 0) is 0 Å². The van der Waals surface area contributed by atoms with Crippen molar-refractivity contribution in [2.75, 3.05) is 5.73 Å². The van der Waals surface area contributed by atoms with Gasteiger partial charge in [0.2, 0.25) is 5.88 Å². The van der Waals surface area contributed by atoms with Gasteiger partial charge >= 0.3 is 0 Å². The molecule has 0 atom stereocenters. The monoisotopic (exact) mass is 255 g/mol. The van der Waals surface area contributed by atoms with Gasteiger partial charge in [-0.2, -0.15) is 4.98 Å². The van der Waals surface area contributed by atoms with E-state index < -0.39 is 0 Å². The maximum absolute atomic E-state index is 13.0. The summed E-state index contributed by atoms with van der Waals surface area (Å²) < 4.78 is 18.5. The Kier molecular flexibility index (Phi) is 2.72. The van der Waals surface area contributed by atoms with Gasteiger partial charge in [0.1, 0.15) is 17.4 Å². The van der Waals surface area contributed by atoms with Gasteiger partial charge in [0.25, 0.3) is 0 Å². The van der Waals surface area contributed by atoms with Crippen LogP contribution in [0.3, 0.4) is 0 Å². The van der Waals surface area contributed by atoms with E-state index in [0.29, 0.717) is 23.1 Å². The van der Waals surface area contributed by atoms with Crippen LogP contribution in [0.15, 0.2) is 48.5 Å². The second-order valence-electron chi connectivity index (χ2n) is 3.99. The first-order valence-corrected chi connectivity index (χ1v) is 5.67. The number of pyridine rings is 2. The van der Waals surface area contributed by atoms with Crippen LogP contribution in [0.2, 0.25) is 0 Å². The van der Waals surface area contributed by atoms with Crippen LogP contribution >= 0.6 is 0 Å². The van der Waals surface area contributed by atoms with Crippen LogP contribution in [0.25, 0.3) is 11.0 Å². The molecule has 0 spiro atoms. The molecule has 0 aliphatic carbocycles. The molecule has 5 heteroatoms. The van der Waals surface area contributed by atoms with Gasteiger partial charge in [-0.05, 0) is 30.3 Å². The Morgan fingerprint density at radius 1 is 1.00 bits per heavy atom. The molecule has 0 amide bonds. The minimum absolute atomic E-state index is 0.344. The summed E-state index contributed by atoms with van der Waals surface area (Å²) in [5.74, 6) is 0.760. The molecule has 0 fully saturated rings. The third-order valence-electron chi connectivity index (χ3n) is 2.57. The minimum Gasteiger partial charge on any atom is -0.439 e. The number of ether oxygens (including phenoxy) is 1. The van der Waals surface area contributed by atoms with E-state index in [0.717, 1.165) is 5.39 Å². The molecular formula is C14H10FN3O. The fraction of sp³-hybridized carbons (Fsp3) is 0. The molecule has 0 saturated heterocycles. The van der Waals surface area contributed by atoms with E-state index in [1.54, 1.807) is 24.3 Å². The Morgan fingerprint density at radius 3 is 2.68 bits per heavy atom. The van der Waals surface area contributed by atoms with Crippen LogP contribution < -0.4 is 10.5 Å². The highest BCUT2D eigenvalue weighted by Gasteiger charge is 2.03. The number of nitrogen functional groups attached to an aromatic ring is 1. The van der Waals surface area contributed by atoms with E-state index in [1.165, 1.54) is 12.1 Å². The molecule has 1 aromatic carbocycles. The predicted octanol–water partition coefficient (Wildman–Crippen LogP) is 3.14. The average Bonchev–Trinajstić information content (AvgIpc) is 2.38. The number of nitrogens with zero attached hydrogens (tertiary/aromatic N) is 2. The number of hydrogen-bond donors (Lipinski definition) is 1. The Morgan fingerprint density at radius 2 is 1.84 bits per heavy atom. The summed E-state index contributed by atoms with van der Waals surface area (Å²) >= 11 is 0. The van der Waals surface area contributed by atoms with Crippen LogP contribution in [0.5, 0.6) is 11.6 Å². The van der Waals surface area contributed by atoms with Gasteiger partial charge in [-0.15, -0.1) is 0 Å². The lowest BCUT2D eigenvalue weighted by Gasteiger charge is -2.05. The predicted molar refractivity (Wildman–Crippen MR) is 70.4 cm³/mol. The Balaban J connectivity index is 1.97. The molecule has 19 heavy (non-hydrogen) atoms. The summed E-state index contributed by atoms with van der Waals surface area (Å²) in [4.78, 5) is 8.33. The number of rotatable bonds is 2. The number of benzene rings is 1. The molecule has 2 heterocycles. The van der Waals surface area contributed by atoms with Crippen molar-refractivity contribution in [3.05, 3.63) is 54.3 Å². The van der Waals surface area contributed by atoms with Gasteiger partial charge in [0.15, 0.2) is 5.65 Å². The highest BCUT2D eigenvalue weighted by Crippen LogP contribution is 2.22. The zero-order valence-electron chi connectivity index (χ0n) is 9.88. The molecule has 94 valence electrons. The Labute approximate surface area is 108 Å². The second kappa shape index (κ2) is 4.53. The molecule has 0 aliphatic heterocycles. The highest BCUT2D eigenvalue weighted by molar-refractivity contribution is 5.76. The van der Waals surface area contributed by atoms with Gasteiger partial charge in [-0.25, -0.2) is 9.37 Å². The maximum Gasteiger partial charge on any atom is 0.221 e. The summed E-state index contributed by atoms with van der Waals surface area (Å²) in [5, 5.41) is 0.862. The zero-order valence-corrected chi connectivity index (χ0v) is 9.88. The number of halogens is 1. The van der Waals surface area contributed by atoms with Crippen molar-refractivity contribution in [2.45, 2.75) is 0 Å². The molecule has 0 saturated carbocycles. The Hall–Kier alpha value is -2.69. The van der Waals surface area contributed by atoms with E-state index in [-0.39, 0.29) is 5.82 Å². The van der Waals surface area contributed by atoms with Gasteiger partial charge in [-0.3, -0.25) is 0 Å². The van der Waals surface area contributed by atoms with Crippen LogP contribution in [0.4, 0.5) is 10.2 Å². The van der Waals surface area contributed by atoms with Crippen molar-refractivity contribution in [3.63, 3.8) is 0 Å². The van der Waals surface area contributed by atoms with Crippen molar-refractivity contribution in [3.8, 4) is 11.6 Å². The van der Waals surface area contributed by atoms with Gasteiger partial charge in [0, 0.05) is 17.5 Å². The van der Waals surface area contributed by atoms with Crippen molar-refractivity contribution >= 4 is 16.9 Å². The van der Waals surface area contributed by atoms with E-state index >= 15 is 0 Å². The largest absolute Gasteiger partial charge is 0.439 e. The summed E-state index contributed by atoms with van der Waals surface area (Å²) in [6, 6.07) is 12.9. The topological polar surface area (TPSA) is 61.0 Å².